The second kappa shape index (κ2) is 8.93. The summed E-state index contributed by atoms with van der Waals surface area (Å²) in [5, 5.41) is 3.42. The SMILES string of the molecule is CCC(=O)N1CCN(c2ccccc2NC(=O)c2cc(I)ccc2Cl)CC1. The Hall–Kier alpha value is -1.80. The average Bonchev–Trinajstić information content (AvgIpc) is 2.69. The number of amides is 2. The van der Waals surface area contributed by atoms with E-state index in [4.69, 9.17) is 11.6 Å². The highest BCUT2D eigenvalue weighted by atomic mass is 127. The van der Waals surface area contributed by atoms with Gasteiger partial charge in [0.1, 0.15) is 0 Å². The van der Waals surface area contributed by atoms with Crippen LogP contribution in [-0.2, 0) is 4.79 Å². The van der Waals surface area contributed by atoms with E-state index in [0.717, 1.165) is 28.0 Å². The second-order valence-corrected chi connectivity index (χ2v) is 7.97. The Labute approximate surface area is 177 Å². The van der Waals surface area contributed by atoms with Gasteiger partial charge in [-0.15, -0.1) is 0 Å². The summed E-state index contributed by atoms with van der Waals surface area (Å²) in [6, 6.07) is 13.1. The van der Waals surface area contributed by atoms with Crippen molar-refractivity contribution in [2.75, 3.05) is 36.4 Å². The van der Waals surface area contributed by atoms with Gasteiger partial charge < -0.3 is 15.1 Å². The number of hydrogen-bond donors (Lipinski definition) is 1. The Balaban J connectivity index is 1.76. The molecule has 0 atom stereocenters. The van der Waals surface area contributed by atoms with E-state index < -0.39 is 0 Å². The summed E-state index contributed by atoms with van der Waals surface area (Å²) in [4.78, 5) is 28.7. The summed E-state index contributed by atoms with van der Waals surface area (Å²) < 4.78 is 0.951. The van der Waals surface area contributed by atoms with Crippen molar-refractivity contribution < 1.29 is 9.59 Å². The van der Waals surface area contributed by atoms with E-state index in [9.17, 15) is 9.59 Å². The number of hydrogen-bond acceptors (Lipinski definition) is 3. The van der Waals surface area contributed by atoms with Gasteiger partial charge in [0.05, 0.1) is 22.0 Å². The van der Waals surface area contributed by atoms with Crippen LogP contribution < -0.4 is 10.2 Å². The van der Waals surface area contributed by atoms with E-state index in [1.54, 1.807) is 12.1 Å². The molecule has 7 heteroatoms. The molecule has 1 fully saturated rings. The van der Waals surface area contributed by atoms with Crippen molar-refractivity contribution in [2.24, 2.45) is 0 Å². The molecular weight excluding hydrogens is 477 g/mol. The predicted octanol–water partition coefficient (Wildman–Crippen LogP) is 4.26. The molecule has 1 heterocycles. The number of nitrogens with zero attached hydrogens (tertiary/aromatic N) is 2. The van der Waals surface area contributed by atoms with Gasteiger partial charge >= 0.3 is 0 Å². The topological polar surface area (TPSA) is 52.7 Å². The Bertz CT molecular complexity index is 851. The van der Waals surface area contributed by atoms with Gasteiger partial charge in [-0.2, -0.15) is 0 Å². The van der Waals surface area contributed by atoms with Gasteiger partial charge in [0, 0.05) is 36.2 Å². The number of halogens is 2. The molecule has 0 aliphatic carbocycles. The molecule has 3 rings (SSSR count). The maximum atomic E-state index is 12.7. The molecule has 0 saturated carbocycles. The molecule has 0 radical (unpaired) electrons. The highest BCUT2D eigenvalue weighted by Crippen LogP contribution is 2.28. The molecule has 1 N–H and O–H groups in total. The first kappa shape index (κ1) is 19.9. The molecule has 0 aromatic heterocycles. The summed E-state index contributed by atoms with van der Waals surface area (Å²) in [5.41, 5.74) is 2.15. The van der Waals surface area contributed by atoms with E-state index in [2.05, 4.69) is 32.8 Å². The number of benzene rings is 2. The highest BCUT2D eigenvalue weighted by molar-refractivity contribution is 14.1. The van der Waals surface area contributed by atoms with Gasteiger partial charge in [-0.1, -0.05) is 30.7 Å². The molecule has 0 bridgehead atoms. The van der Waals surface area contributed by atoms with Gasteiger partial charge in [-0.25, -0.2) is 0 Å². The number of para-hydroxylation sites is 2. The van der Waals surface area contributed by atoms with Crippen LogP contribution in [0.1, 0.15) is 23.7 Å². The first-order chi connectivity index (χ1) is 13.0. The highest BCUT2D eigenvalue weighted by Gasteiger charge is 2.22. The van der Waals surface area contributed by atoms with Crippen LogP contribution in [0.2, 0.25) is 5.02 Å². The summed E-state index contributed by atoms with van der Waals surface area (Å²) >= 11 is 8.35. The molecule has 2 aromatic carbocycles. The van der Waals surface area contributed by atoms with E-state index in [-0.39, 0.29) is 11.8 Å². The number of rotatable bonds is 4. The molecule has 0 unspecified atom stereocenters. The average molecular weight is 498 g/mol. The fraction of sp³-hybridized carbons (Fsp3) is 0.300. The minimum atomic E-state index is -0.231. The van der Waals surface area contributed by atoms with Crippen LogP contribution >= 0.6 is 34.2 Å². The second-order valence-electron chi connectivity index (χ2n) is 6.32. The normalized spacial score (nSPS) is 14.2. The first-order valence-corrected chi connectivity index (χ1v) is 10.3. The van der Waals surface area contributed by atoms with Crippen LogP contribution in [0.5, 0.6) is 0 Å². The number of nitrogens with one attached hydrogen (secondary N) is 1. The Morgan fingerprint density at radius 3 is 2.52 bits per heavy atom. The molecule has 1 aliphatic heterocycles. The molecular formula is C20H21ClIN3O2. The lowest BCUT2D eigenvalue weighted by molar-refractivity contribution is -0.131. The summed E-state index contributed by atoms with van der Waals surface area (Å²) in [6.45, 7) is 4.75. The predicted molar refractivity (Wildman–Crippen MR) is 118 cm³/mol. The van der Waals surface area contributed by atoms with E-state index in [0.29, 0.717) is 30.1 Å². The van der Waals surface area contributed by atoms with Crippen molar-refractivity contribution in [1.82, 2.24) is 4.90 Å². The lowest BCUT2D eigenvalue weighted by Crippen LogP contribution is -2.48. The number of piperazine rings is 1. The standard InChI is InChI=1S/C20H21ClIN3O2/c1-2-19(26)25-11-9-24(10-12-25)18-6-4-3-5-17(18)23-20(27)15-13-14(22)7-8-16(15)21/h3-8,13H,2,9-12H2,1H3,(H,23,27). The fourth-order valence-electron chi connectivity index (χ4n) is 3.14. The largest absolute Gasteiger partial charge is 0.366 e. The molecule has 142 valence electrons. The van der Waals surface area contributed by atoms with Crippen LogP contribution in [0.3, 0.4) is 0 Å². The van der Waals surface area contributed by atoms with Gasteiger partial charge in [0.15, 0.2) is 0 Å². The Kier molecular flexibility index (Phi) is 6.59. The van der Waals surface area contributed by atoms with Crippen molar-refractivity contribution in [2.45, 2.75) is 13.3 Å². The van der Waals surface area contributed by atoms with Crippen molar-refractivity contribution in [3.05, 3.63) is 56.6 Å². The van der Waals surface area contributed by atoms with Crippen LogP contribution in [0.15, 0.2) is 42.5 Å². The maximum absolute atomic E-state index is 12.7. The zero-order chi connectivity index (χ0) is 19.4. The Morgan fingerprint density at radius 2 is 1.81 bits per heavy atom. The van der Waals surface area contributed by atoms with Crippen molar-refractivity contribution in [3.63, 3.8) is 0 Å². The quantitative estimate of drug-likeness (QED) is 0.643. The summed E-state index contributed by atoms with van der Waals surface area (Å²) in [6.07, 6.45) is 0.531. The zero-order valence-corrected chi connectivity index (χ0v) is 18.0. The smallest absolute Gasteiger partial charge is 0.257 e. The molecule has 1 saturated heterocycles. The molecule has 1 aliphatic rings. The minimum Gasteiger partial charge on any atom is -0.366 e. The van der Waals surface area contributed by atoms with Crippen LogP contribution in [0.4, 0.5) is 11.4 Å². The van der Waals surface area contributed by atoms with Crippen LogP contribution in [0.25, 0.3) is 0 Å². The summed E-state index contributed by atoms with van der Waals surface area (Å²) in [7, 11) is 0. The number of carbonyl (C=O) groups is 2. The van der Waals surface area contributed by atoms with Crippen molar-refractivity contribution in [3.8, 4) is 0 Å². The van der Waals surface area contributed by atoms with E-state index in [1.807, 2.05) is 42.2 Å². The molecule has 27 heavy (non-hydrogen) atoms. The van der Waals surface area contributed by atoms with Crippen molar-refractivity contribution in [1.29, 1.82) is 0 Å². The van der Waals surface area contributed by atoms with Gasteiger partial charge in [-0.3, -0.25) is 9.59 Å². The molecule has 5 nitrogen and oxygen atoms in total. The minimum absolute atomic E-state index is 0.185. The van der Waals surface area contributed by atoms with Crippen molar-refractivity contribution >= 4 is 57.4 Å². The number of anilines is 2. The molecule has 2 aromatic rings. The first-order valence-electron chi connectivity index (χ1n) is 8.87. The molecule has 0 spiro atoms. The van der Waals surface area contributed by atoms with Gasteiger partial charge in [0.2, 0.25) is 5.91 Å². The van der Waals surface area contributed by atoms with Crippen LogP contribution in [0, 0.1) is 3.57 Å². The summed E-state index contributed by atoms with van der Waals surface area (Å²) in [5.74, 6) is -0.0460. The Morgan fingerprint density at radius 1 is 1.11 bits per heavy atom. The maximum Gasteiger partial charge on any atom is 0.257 e. The third-order valence-electron chi connectivity index (χ3n) is 4.60. The van der Waals surface area contributed by atoms with Gasteiger partial charge in [-0.05, 0) is 52.9 Å². The monoisotopic (exact) mass is 497 g/mol. The molecule has 2 amide bonds. The number of carbonyl (C=O) groups excluding carboxylic acids is 2. The third-order valence-corrected chi connectivity index (χ3v) is 5.60. The van der Waals surface area contributed by atoms with E-state index in [1.165, 1.54) is 0 Å². The zero-order valence-electron chi connectivity index (χ0n) is 15.0. The lowest BCUT2D eigenvalue weighted by Gasteiger charge is -2.36. The van der Waals surface area contributed by atoms with Gasteiger partial charge in [0.25, 0.3) is 5.91 Å². The fourth-order valence-corrected chi connectivity index (χ4v) is 3.83. The third kappa shape index (κ3) is 4.73. The van der Waals surface area contributed by atoms with E-state index >= 15 is 0 Å². The lowest BCUT2D eigenvalue weighted by atomic mass is 10.1. The van der Waals surface area contributed by atoms with Crippen LogP contribution in [-0.4, -0.2) is 42.9 Å².